The van der Waals surface area contributed by atoms with Crippen LogP contribution < -0.4 is 5.32 Å². The Morgan fingerprint density at radius 3 is 2.71 bits per heavy atom. The van der Waals surface area contributed by atoms with Gasteiger partial charge in [0.05, 0.1) is 5.60 Å². The van der Waals surface area contributed by atoms with E-state index in [0.29, 0.717) is 0 Å². The Kier molecular flexibility index (Phi) is 3.74. The summed E-state index contributed by atoms with van der Waals surface area (Å²) in [5.74, 6) is 0. The molecule has 2 nitrogen and oxygen atoms in total. The van der Waals surface area contributed by atoms with Crippen molar-refractivity contribution in [3.05, 3.63) is 53.1 Å². The van der Waals surface area contributed by atoms with Crippen molar-refractivity contribution in [3.8, 4) is 11.1 Å². The second kappa shape index (κ2) is 5.41. The molecule has 0 bridgehead atoms. The normalized spacial score (nSPS) is 19.5. The average Bonchev–Trinajstić information content (AvgIpc) is 2.47. The van der Waals surface area contributed by atoms with Crippen molar-refractivity contribution >= 4 is 34.9 Å². The first-order chi connectivity index (χ1) is 10.0. The molecule has 1 unspecified atom stereocenters. The van der Waals surface area contributed by atoms with Crippen molar-refractivity contribution in [3.63, 3.8) is 0 Å². The number of benzene rings is 2. The first-order valence-corrected chi connectivity index (χ1v) is 7.65. The summed E-state index contributed by atoms with van der Waals surface area (Å²) in [5.41, 5.74) is 3.85. The van der Waals surface area contributed by atoms with Crippen LogP contribution in [0.5, 0.6) is 0 Å². The molecule has 21 heavy (non-hydrogen) atoms. The zero-order valence-electron chi connectivity index (χ0n) is 11.9. The molecule has 0 saturated carbocycles. The van der Waals surface area contributed by atoms with E-state index in [-0.39, 0.29) is 6.23 Å². The van der Waals surface area contributed by atoms with Gasteiger partial charge < -0.3 is 10.1 Å². The summed E-state index contributed by atoms with van der Waals surface area (Å²) < 4.78 is 5.97. The van der Waals surface area contributed by atoms with Gasteiger partial charge in [0.25, 0.3) is 0 Å². The lowest BCUT2D eigenvalue weighted by Crippen LogP contribution is -2.39. The van der Waals surface area contributed by atoms with E-state index in [4.69, 9.17) is 28.6 Å². The van der Waals surface area contributed by atoms with Gasteiger partial charge >= 0.3 is 0 Å². The highest BCUT2D eigenvalue weighted by atomic mass is 35.5. The molecule has 4 heteroatoms. The molecule has 0 spiro atoms. The van der Waals surface area contributed by atoms with Gasteiger partial charge in [0, 0.05) is 27.2 Å². The van der Waals surface area contributed by atoms with Crippen LogP contribution >= 0.6 is 23.8 Å². The number of hydrogen-bond donors (Lipinski definition) is 1. The molecular formula is C17H16ClNOS. The van der Waals surface area contributed by atoms with Crippen molar-refractivity contribution in [1.82, 2.24) is 0 Å². The van der Waals surface area contributed by atoms with Gasteiger partial charge in [-0.15, -0.1) is 0 Å². The minimum atomic E-state index is -0.405. The van der Waals surface area contributed by atoms with Crippen molar-refractivity contribution in [2.24, 2.45) is 0 Å². The van der Waals surface area contributed by atoms with E-state index in [1.165, 1.54) is 0 Å². The number of halogens is 1. The summed E-state index contributed by atoms with van der Waals surface area (Å²) in [4.78, 5) is 0. The Morgan fingerprint density at radius 2 is 2.00 bits per heavy atom. The Balaban J connectivity index is 2.10. The van der Waals surface area contributed by atoms with Crippen LogP contribution in [0.3, 0.4) is 0 Å². The zero-order valence-corrected chi connectivity index (χ0v) is 13.5. The monoisotopic (exact) mass is 317 g/mol. The minimum Gasteiger partial charge on any atom is -0.356 e. The Morgan fingerprint density at radius 1 is 1.24 bits per heavy atom. The van der Waals surface area contributed by atoms with E-state index in [9.17, 15) is 0 Å². The van der Waals surface area contributed by atoms with E-state index in [0.717, 1.165) is 27.4 Å². The predicted molar refractivity (Wildman–Crippen MR) is 92.1 cm³/mol. The molecule has 0 amide bonds. The molecule has 1 atom stereocenters. The number of hydrogen-bond acceptors (Lipinski definition) is 3. The summed E-state index contributed by atoms with van der Waals surface area (Å²) >= 11 is 11.3. The molecule has 0 fully saturated rings. The number of fused-ring (bicyclic) bond motifs is 1. The summed E-state index contributed by atoms with van der Waals surface area (Å²) in [5, 5.41) is 5.63. The standard InChI is InChI=1S/C17H16ClNOS/c1-17(2)13-9-11(12-5-3-4-6-14(12)18)7-8-15(13)19-16(10-21)20-17/h3-10,16,19H,1-2H3. The van der Waals surface area contributed by atoms with Crippen molar-refractivity contribution in [1.29, 1.82) is 0 Å². The van der Waals surface area contributed by atoms with Crippen LogP contribution in [0.1, 0.15) is 19.4 Å². The van der Waals surface area contributed by atoms with Crippen molar-refractivity contribution in [2.75, 3.05) is 5.32 Å². The molecule has 0 radical (unpaired) electrons. The number of thiocarbonyl (C=S) groups is 1. The predicted octanol–water partition coefficient (Wildman–Crippen LogP) is 5.01. The maximum Gasteiger partial charge on any atom is 0.158 e. The fourth-order valence-electron chi connectivity index (χ4n) is 2.66. The highest BCUT2D eigenvalue weighted by molar-refractivity contribution is 7.79. The molecule has 2 aromatic rings. The Bertz CT molecular complexity index is 699. The third kappa shape index (κ3) is 2.69. The Hall–Kier alpha value is -1.42. The van der Waals surface area contributed by atoms with E-state index in [1.807, 2.05) is 24.3 Å². The van der Waals surface area contributed by atoms with Crippen LogP contribution in [0.4, 0.5) is 5.69 Å². The lowest BCUT2D eigenvalue weighted by atomic mass is 9.91. The molecule has 0 aromatic heterocycles. The number of rotatable bonds is 2. The third-order valence-corrected chi connectivity index (χ3v) is 4.27. The first-order valence-electron chi connectivity index (χ1n) is 6.80. The first kappa shape index (κ1) is 14.5. The maximum absolute atomic E-state index is 6.29. The SMILES string of the molecule is CC1(C)OC(C=S)Nc2ccc(-c3ccccc3Cl)cc21. The van der Waals surface area contributed by atoms with Crippen LogP contribution in [-0.2, 0) is 10.3 Å². The van der Waals surface area contributed by atoms with Crippen LogP contribution in [0.25, 0.3) is 11.1 Å². The van der Waals surface area contributed by atoms with Crippen LogP contribution in [0.2, 0.25) is 5.02 Å². The lowest BCUT2D eigenvalue weighted by molar-refractivity contribution is -0.0406. The van der Waals surface area contributed by atoms with Gasteiger partial charge in [0.1, 0.15) is 0 Å². The summed E-state index contributed by atoms with van der Waals surface area (Å²) in [6.07, 6.45) is -0.242. The molecular weight excluding hydrogens is 302 g/mol. The van der Waals surface area contributed by atoms with Crippen molar-refractivity contribution < 1.29 is 4.74 Å². The fourth-order valence-corrected chi connectivity index (χ4v) is 3.02. The molecule has 1 aliphatic rings. The summed E-state index contributed by atoms with van der Waals surface area (Å²) in [6, 6.07) is 14.1. The van der Waals surface area contributed by atoms with Crippen LogP contribution in [-0.4, -0.2) is 11.6 Å². The number of ether oxygens (including phenoxy) is 1. The van der Waals surface area contributed by atoms with Crippen LogP contribution in [0.15, 0.2) is 42.5 Å². The van der Waals surface area contributed by atoms with E-state index in [2.05, 4.69) is 37.4 Å². The second-order valence-corrected chi connectivity index (χ2v) is 6.25. The van der Waals surface area contributed by atoms with E-state index >= 15 is 0 Å². The quantitative estimate of drug-likeness (QED) is 0.787. The number of nitrogens with one attached hydrogen (secondary N) is 1. The molecule has 0 saturated heterocycles. The molecule has 1 N–H and O–H groups in total. The van der Waals surface area contributed by atoms with Gasteiger partial charge in [0.15, 0.2) is 6.23 Å². The van der Waals surface area contributed by atoms with Gasteiger partial charge in [-0.1, -0.05) is 48.1 Å². The summed E-state index contributed by atoms with van der Waals surface area (Å²) in [7, 11) is 0. The minimum absolute atomic E-state index is 0.242. The van der Waals surface area contributed by atoms with Gasteiger partial charge in [-0.3, -0.25) is 0 Å². The largest absolute Gasteiger partial charge is 0.356 e. The lowest BCUT2D eigenvalue weighted by Gasteiger charge is -2.37. The topological polar surface area (TPSA) is 21.3 Å². The zero-order chi connectivity index (χ0) is 15.0. The van der Waals surface area contributed by atoms with E-state index in [1.54, 1.807) is 5.37 Å². The van der Waals surface area contributed by atoms with Gasteiger partial charge in [-0.25, -0.2) is 0 Å². The molecule has 1 aliphatic heterocycles. The van der Waals surface area contributed by atoms with Gasteiger partial charge in [-0.05, 0) is 37.6 Å². The average molecular weight is 318 g/mol. The van der Waals surface area contributed by atoms with Crippen molar-refractivity contribution in [2.45, 2.75) is 25.7 Å². The van der Waals surface area contributed by atoms with Crippen LogP contribution in [0, 0.1) is 0 Å². The van der Waals surface area contributed by atoms with Gasteiger partial charge in [0.2, 0.25) is 0 Å². The molecule has 108 valence electrons. The highest BCUT2D eigenvalue weighted by Gasteiger charge is 2.32. The molecule has 0 aliphatic carbocycles. The Labute approximate surface area is 135 Å². The van der Waals surface area contributed by atoms with E-state index < -0.39 is 5.60 Å². The molecule has 3 rings (SSSR count). The molecule has 2 aromatic carbocycles. The number of anilines is 1. The summed E-state index contributed by atoms with van der Waals surface area (Å²) in [6.45, 7) is 4.10. The third-order valence-electron chi connectivity index (χ3n) is 3.70. The van der Waals surface area contributed by atoms with Gasteiger partial charge in [-0.2, -0.15) is 0 Å². The highest BCUT2D eigenvalue weighted by Crippen LogP contribution is 2.40. The second-order valence-electron chi connectivity index (χ2n) is 5.57. The smallest absolute Gasteiger partial charge is 0.158 e. The molecule has 1 heterocycles. The maximum atomic E-state index is 6.29. The fraction of sp³-hybridized carbons (Fsp3) is 0.235.